The molecule has 1 aliphatic rings. The summed E-state index contributed by atoms with van der Waals surface area (Å²) < 4.78 is 26.7. The number of nitrogens with one attached hydrogen (secondary N) is 2. The van der Waals surface area contributed by atoms with Gasteiger partial charge in [0, 0.05) is 56.8 Å². The van der Waals surface area contributed by atoms with E-state index in [4.69, 9.17) is 9.47 Å². The topological polar surface area (TPSA) is 106 Å². The molecule has 5 rings (SSSR count). The molecule has 40 heavy (non-hydrogen) atoms. The summed E-state index contributed by atoms with van der Waals surface area (Å²) in [5, 5.41) is 5.44. The van der Waals surface area contributed by atoms with E-state index < -0.39 is 5.82 Å². The van der Waals surface area contributed by atoms with E-state index in [0.29, 0.717) is 30.1 Å². The van der Waals surface area contributed by atoms with Gasteiger partial charge >= 0.3 is 6.03 Å². The van der Waals surface area contributed by atoms with Gasteiger partial charge < -0.3 is 25.0 Å². The molecule has 11 heteroatoms. The van der Waals surface area contributed by atoms with Gasteiger partial charge in [-0.25, -0.2) is 9.18 Å². The smallest absolute Gasteiger partial charge is 0.319 e. The van der Waals surface area contributed by atoms with Crippen LogP contribution in [0.3, 0.4) is 0 Å². The molecule has 4 aromatic rings. The molecule has 1 aliphatic carbocycles. The molecule has 0 saturated heterocycles. The Morgan fingerprint density at radius 2 is 1.98 bits per heavy atom. The maximum Gasteiger partial charge on any atom is 0.319 e. The molecule has 2 N–H and O–H groups in total. The van der Waals surface area contributed by atoms with Gasteiger partial charge in [0.2, 0.25) is 5.91 Å². The van der Waals surface area contributed by atoms with Gasteiger partial charge in [-0.05, 0) is 49.6 Å². The number of ether oxygens (including phenoxy) is 2. The molecule has 0 unspecified atom stereocenters. The van der Waals surface area contributed by atoms with Crippen molar-refractivity contribution in [2.45, 2.75) is 45.3 Å². The number of hydrogen-bond acceptors (Lipinski definition) is 7. The number of methoxy groups -OCH3 is 1. The lowest BCUT2D eigenvalue weighted by Gasteiger charge is -2.27. The van der Waals surface area contributed by atoms with E-state index >= 15 is 0 Å². The molecule has 1 saturated carbocycles. The monoisotopic (exact) mass is 563 g/mol. The molecule has 0 spiro atoms. The number of benzene rings is 1. The molecule has 0 bridgehead atoms. The summed E-state index contributed by atoms with van der Waals surface area (Å²) in [5.41, 5.74) is 2.71. The second-order valence-electron chi connectivity index (χ2n) is 9.76. The van der Waals surface area contributed by atoms with Gasteiger partial charge in [-0.2, -0.15) is 0 Å². The Morgan fingerprint density at radius 3 is 2.65 bits per heavy atom. The third-order valence-electron chi connectivity index (χ3n) is 6.47. The summed E-state index contributed by atoms with van der Waals surface area (Å²) >= 11 is 1.44. The fraction of sp³-hybridized carbons (Fsp3) is 0.310. The third-order valence-corrected chi connectivity index (χ3v) is 7.63. The Balaban J connectivity index is 1.31. The number of amides is 3. The van der Waals surface area contributed by atoms with Gasteiger partial charge in [0.1, 0.15) is 5.75 Å². The summed E-state index contributed by atoms with van der Waals surface area (Å²) in [5.74, 6) is -0.121. The number of urea groups is 1. The molecule has 1 atom stereocenters. The number of hydrogen-bond donors (Lipinski definition) is 2. The summed E-state index contributed by atoms with van der Waals surface area (Å²) in [6, 6.07) is 11.6. The average Bonchev–Trinajstić information content (AvgIpc) is 3.62. The molecule has 0 aliphatic heterocycles. The fourth-order valence-electron chi connectivity index (χ4n) is 4.25. The van der Waals surface area contributed by atoms with Crippen molar-refractivity contribution in [3.05, 3.63) is 66.2 Å². The Kier molecular flexibility index (Phi) is 8.22. The number of anilines is 1. The van der Waals surface area contributed by atoms with Crippen LogP contribution in [-0.4, -0.2) is 52.6 Å². The Labute approximate surface area is 235 Å². The zero-order valence-electron chi connectivity index (χ0n) is 22.4. The predicted molar refractivity (Wildman–Crippen MR) is 152 cm³/mol. The summed E-state index contributed by atoms with van der Waals surface area (Å²) in [4.78, 5) is 35.8. The number of carbonyl (C=O) groups excluding carboxylic acids is 2. The highest BCUT2D eigenvalue weighted by atomic mass is 32.1. The molecule has 0 radical (unpaired) electrons. The van der Waals surface area contributed by atoms with Crippen molar-refractivity contribution in [3.8, 4) is 22.1 Å². The molecule has 1 fully saturated rings. The highest BCUT2D eigenvalue weighted by Crippen LogP contribution is 2.39. The number of carbonyl (C=O) groups is 2. The van der Waals surface area contributed by atoms with Crippen molar-refractivity contribution in [1.29, 1.82) is 0 Å². The highest BCUT2D eigenvalue weighted by Gasteiger charge is 2.23. The van der Waals surface area contributed by atoms with Crippen molar-refractivity contribution in [2.24, 2.45) is 0 Å². The van der Waals surface area contributed by atoms with Crippen molar-refractivity contribution < 1.29 is 23.5 Å². The van der Waals surface area contributed by atoms with Crippen LogP contribution in [0.5, 0.6) is 11.5 Å². The predicted octanol–water partition coefficient (Wildman–Crippen LogP) is 5.96. The van der Waals surface area contributed by atoms with E-state index in [1.165, 1.54) is 23.5 Å². The van der Waals surface area contributed by atoms with Crippen LogP contribution >= 0.6 is 11.3 Å². The van der Waals surface area contributed by atoms with Crippen molar-refractivity contribution in [2.75, 3.05) is 19.0 Å². The minimum absolute atomic E-state index is 0.0295. The molecule has 1 aromatic carbocycles. The molecular weight excluding hydrogens is 533 g/mol. The van der Waals surface area contributed by atoms with Gasteiger partial charge in [-0.1, -0.05) is 6.07 Å². The minimum Gasteiger partial charge on any atom is -0.453 e. The van der Waals surface area contributed by atoms with Gasteiger partial charge in [0.25, 0.3) is 0 Å². The first-order valence-corrected chi connectivity index (χ1v) is 13.8. The van der Waals surface area contributed by atoms with Gasteiger partial charge in [0.15, 0.2) is 11.6 Å². The Hall–Kier alpha value is -4.09. The van der Waals surface area contributed by atoms with E-state index in [1.54, 1.807) is 43.5 Å². The number of pyridine rings is 2. The molecule has 9 nitrogen and oxygen atoms in total. The first kappa shape index (κ1) is 27.5. The first-order valence-electron chi connectivity index (χ1n) is 13.0. The SMILES string of the molecule is COC[C@H](C)N(Cc1ccc(-c2cc3nccc(Oc4ccc(NC(=O)NC5CC5)cc4F)c3s2)nc1)C(C)=O. The van der Waals surface area contributed by atoms with Crippen molar-refractivity contribution in [1.82, 2.24) is 20.2 Å². The van der Waals surface area contributed by atoms with Crippen LogP contribution in [0.1, 0.15) is 32.3 Å². The van der Waals surface area contributed by atoms with Crippen LogP contribution in [0.15, 0.2) is 54.9 Å². The second kappa shape index (κ2) is 12.0. The van der Waals surface area contributed by atoms with E-state index in [-0.39, 0.29) is 29.8 Å². The molecule has 3 amide bonds. The number of aromatic nitrogens is 2. The lowest BCUT2D eigenvalue weighted by Crippen LogP contribution is -2.39. The van der Waals surface area contributed by atoms with Gasteiger partial charge in [-0.15, -0.1) is 11.3 Å². The van der Waals surface area contributed by atoms with Crippen molar-refractivity contribution in [3.63, 3.8) is 0 Å². The average molecular weight is 564 g/mol. The van der Waals surface area contributed by atoms with Crippen LogP contribution in [0.25, 0.3) is 20.8 Å². The standard InChI is InChI=1S/C29H30FN5O4S/c1-17(16-38-3)35(18(2)36)15-19-4-8-23(32-14-19)27-13-24-28(40-27)26(10-11-31-24)39-25-9-7-21(12-22(25)30)34-29(37)33-20-5-6-20/h4,7-14,17,20H,5-6,15-16H2,1-3H3,(H2,33,34,37)/t17-/m0/s1. The Bertz CT molecular complexity index is 1520. The number of rotatable bonds is 10. The third kappa shape index (κ3) is 6.54. The summed E-state index contributed by atoms with van der Waals surface area (Å²) in [7, 11) is 1.61. The Morgan fingerprint density at radius 1 is 1.15 bits per heavy atom. The van der Waals surface area contributed by atoms with Crippen LogP contribution < -0.4 is 15.4 Å². The molecular formula is C29H30FN5O4S. The first-order chi connectivity index (χ1) is 19.3. The highest BCUT2D eigenvalue weighted by molar-refractivity contribution is 7.22. The maximum absolute atomic E-state index is 14.9. The van der Waals surface area contributed by atoms with Crippen LogP contribution in [-0.2, 0) is 16.1 Å². The van der Waals surface area contributed by atoms with Crippen LogP contribution in [0.4, 0.5) is 14.9 Å². The van der Waals surface area contributed by atoms with Crippen LogP contribution in [0.2, 0.25) is 0 Å². The lowest BCUT2D eigenvalue weighted by atomic mass is 10.2. The minimum atomic E-state index is -0.595. The number of thiophene rings is 1. The molecule has 3 heterocycles. The van der Waals surface area contributed by atoms with Crippen LogP contribution in [0, 0.1) is 5.82 Å². The number of halogens is 1. The number of nitrogens with zero attached hydrogens (tertiary/aromatic N) is 3. The van der Waals surface area contributed by atoms with Gasteiger partial charge in [0.05, 0.1) is 33.4 Å². The fourth-order valence-corrected chi connectivity index (χ4v) is 5.29. The molecule has 3 aromatic heterocycles. The summed E-state index contributed by atoms with van der Waals surface area (Å²) in [6.45, 7) is 4.38. The second-order valence-corrected chi connectivity index (χ2v) is 10.8. The van der Waals surface area contributed by atoms with Gasteiger partial charge in [-0.3, -0.25) is 14.8 Å². The number of fused-ring (bicyclic) bond motifs is 1. The van der Waals surface area contributed by atoms with E-state index in [1.807, 2.05) is 25.1 Å². The van der Waals surface area contributed by atoms with E-state index in [2.05, 4.69) is 20.6 Å². The summed E-state index contributed by atoms with van der Waals surface area (Å²) in [6.07, 6.45) is 5.30. The zero-order chi connectivity index (χ0) is 28.2. The quantitative estimate of drug-likeness (QED) is 0.247. The van der Waals surface area contributed by atoms with Crippen molar-refractivity contribution >= 4 is 39.2 Å². The molecule has 208 valence electrons. The van der Waals surface area contributed by atoms with E-state index in [9.17, 15) is 14.0 Å². The lowest BCUT2D eigenvalue weighted by molar-refractivity contribution is -0.132. The maximum atomic E-state index is 14.9. The van der Waals surface area contributed by atoms with E-state index in [0.717, 1.165) is 33.7 Å². The normalized spacial score (nSPS) is 13.6. The zero-order valence-corrected chi connectivity index (χ0v) is 23.3. The largest absolute Gasteiger partial charge is 0.453 e.